The number of rotatable bonds is 15. The Balaban J connectivity index is 1.59. The number of ether oxygens (including phenoxy) is 3. The van der Waals surface area contributed by atoms with Crippen LogP contribution >= 0.6 is 0 Å². The molecule has 3 aromatic rings. The van der Waals surface area contributed by atoms with Crippen molar-refractivity contribution in [1.82, 2.24) is 4.98 Å². The van der Waals surface area contributed by atoms with Crippen LogP contribution in [0.4, 0.5) is 0 Å². The van der Waals surface area contributed by atoms with Crippen LogP contribution in [0, 0.1) is 0 Å². The molecule has 34 heavy (non-hydrogen) atoms. The fourth-order valence-electron chi connectivity index (χ4n) is 3.85. The minimum atomic E-state index is -0.395. The number of hydrogen-bond donors (Lipinski definition) is 0. The van der Waals surface area contributed by atoms with E-state index in [4.69, 9.17) is 14.2 Å². The molecule has 3 rings (SSSR count). The third kappa shape index (κ3) is 8.05. The van der Waals surface area contributed by atoms with E-state index in [9.17, 15) is 4.79 Å². The third-order valence-electron chi connectivity index (χ3n) is 5.75. The second-order valence-corrected chi connectivity index (χ2v) is 8.53. The Hall–Kier alpha value is -3.08. The topological polar surface area (TPSA) is 57.7 Å². The standard InChI is InChI=1S/C29H37NO4/c1-3-5-6-7-8-9-10-14-17-33-27-19-24-18-25(21-30-26(24)20-28(27)32-4-2)29(31)34-22-23-15-12-11-13-16-23/h11-13,15-16,18-21H,3-10,14,17,22H2,1-2H3. The van der Waals surface area contributed by atoms with Crippen molar-refractivity contribution >= 4 is 16.9 Å². The molecule has 0 saturated heterocycles. The average Bonchev–Trinajstić information content (AvgIpc) is 2.87. The zero-order valence-corrected chi connectivity index (χ0v) is 20.6. The zero-order valence-electron chi connectivity index (χ0n) is 20.6. The molecule has 0 radical (unpaired) electrons. The molecule has 5 nitrogen and oxygen atoms in total. The number of pyridine rings is 1. The third-order valence-corrected chi connectivity index (χ3v) is 5.75. The fourth-order valence-corrected chi connectivity index (χ4v) is 3.85. The Bertz CT molecular complexity index is 1020. The van der Waals surface area contributed by atoms with Crippen molar-refractivity contribution in [3.05, 3.63) is 65.9 Å². The van der Waals surface area contributed by atoms with Crippen molar-refractivity contribution in [3.8, 4) is 11.5 Å². The van der Waals surface area contributed by atoms with Crippen LogP contribution < -0.4 is 9.47 Å². The molecule has 2 aromatic carbocycles. The summed E-state index contributed by atoms with van der Waals surface area (Å²) in [5.74, 6) is 0.976. The summed E-state index contributed by atoms with van der Waals surface area (Å²) in [7, 11) is 0. The van der Waals surface area contributed by atoms with Crippen LogP contribution in [0.15, 0.2) is 54.7 Å². The lowest BCUT2D eigenvalue weighted by Gasteiger charge is -2.13. The number of unbranched alkanes of at least 4 members (excludes halogenated alkanes) is 7. The lowest BCUT2D eigenvalue weighted by atomic mass is 10.1. The molecule has 0 N–H and O–H groups in total. The van der Waals surface area contributed by atoms with E-state index in [2.05, 4.69) is 11.9 Å². The zero-order chi connectivity index (χ0) is 24.0. The van der Waals surface area contributed by atoms with E-state index < -0.39 is 5.97 Å². The smallest absolute Gasteiger partial charge is 0.340 e. The number of nitrogens with zero attached hydrogens (tertiary/aromatic N) is 1. The normalized spacial score (nSPS) is 10.9. The highest BCUT2D eigenvalue weighted by Crippen LogP contribution is 2.32. The molecule has 0 unspecified atom stereocenters. The highest BCUT2D eigenvalue weighted by atomic mass is 16.5. The fraction of sp³-hybridized carbons (Fsp3) is 0.448. The molecule has 182 valence electrons. The van der Waals surface area contributed by atoms with Gasteiger partial charge in [0.15, 0.2) is 11.5 Å². The summed E-state index contributed by atoms with van der Waals surface area (Å²) < 4.78 is 17.3. The van der Waals surface area contributed by atoms with Gasteiger partial charge in [0, 0.05) is 17.6 Å². The second kappa shape index (κ2) is 14.2. The molecule has 0 aliphatic carbocycles. The Kier molecular flexibility index (Phi) is 10.7. The number of benzene rings is 2. The molecular weight excluding hydrogens is 426 g/mol. The molecule has 0 aliphatic rings. The molecule has 1 aromatic heterocycles. The molecule has 0 bridgehead atoms. The summed E-state index contributed by atoms with van der Waals surface area (Å²) in [5, 5.41) is 0.823. The Morgan fingerprint density at radius 1 is 0.824 bits per heavy atom. The van der Waals surface area contributed by atoms with Gasteiger partial charge in [0.25, 0.3) is 0 Å². The maximum Gasteiger partial charge on any atom is 0.340 e. The Morgan fingerprint density at radius 3 is 2.26 bits per heavy atom. The summed E-state index contributed by atoms with van der Waals surface area (Å²) in [6.45, 7) is 5.62. The van der Waals surface area contributed by atoms with E-state index >= 15 is 0 Å². The van der Waals surface area contributed by atoms with Gasteiger partial charge in [-0.2, -0.15) is 0 Å². The molecule has 0 spiro atoms. The van der Waals surface area contributed by atoms with Crippen LogP contribution in [0.1, 0.15) is 81.1 Å². The maximum absolute atomic E-state index is 12.6. The molecule has 0 aliphatic heterocycles. The number of hydrogen-bond acceptors (Lipinski definition) is 5. The van der Waals surface area contributed by atoms with Crippen molar-refractivity contribution in [2.75, 3.05) is 13.2 Å². The maximum atomic E-state index is 12.6. The van der Waals surface area contributed by atoms with Gasteiger partial charge in [0.05, 0.1) is 24.3 Å². The molecular formula is C29H37NO4. The van der Waals surface area contributed by atoms with Crippen molar-refractivity contribution in [1.29, 1.82) is 0 Å². The first kappa shape index (κ1) is 25.5. The average molecular weight is 464 g/mol. The number of aromatic nitrogens is 1. The van der Waals surface area contributed by atoms with Gasteiger partial charge < -0.3 is 14.2 Å². The highest BCUT2D eigenvalue weighted by Gasteiger charge is 2.13. The van der Waals surface area contributed by atoms with Crippen LogP contribution in [0.5, 0.6) is 11.5 Å². The minimum absolute atomic E-state index is 0.230. The molecule has 0 saturated carbocycles. The van der Waals surface area contributed by atoms with Crippen molar-refractivity contribution in [2.24, 2.45) is 0 Å². The van der Waals surface area contributed by atoms with Crippen LogP contribution in [-0.2, 0) is 11.3 Å². The largest absolute Gasteiger partial charge is 0.490 e. The van der Waals surface area contributed by atoms with Crippen molar-refractivity contribution in [3.63, 3.8) is 0 Å². The monoisotopic (exact) mass is 463 g/mol. The number of carbonyl (C=O) groups excluding carboxylic acids is 1. The van der Waals surface area contributed by atoms with E-state index in [0.717, 1.165) is 22.9 Å². The van der Waals surface area contributed by atoms with Crippen molar-refractivity contribution in [2.45, 2.75) is 71.8 Å². The van der Waals surface area contributed by atoms with E-state index in [1.165, 1.54) is 44.9 Å². The van der Waals surface area contributed by atoms with E-state index in [0.29, 0.717) is 30.3 Å². The summed E-state index contributed by atoms with van der Waals surface area (Å²) in [5.41, 5.74) is 2.12. The molecule has 5 heteroatoms. The Morgan fingerprint density at radius 2 is 1.53 bits per heavy atom. The summed E-state index contributed by atoms with van der Waals surface area (Å²) in [6.07, 6.45) is 11.6. The molecule has 0 amide bonds. The van der Waals surface area contributed by atoms with Gasteiger partial charge in [-0.05, 0) is 31.0 Å². The molecule has 0 atom stereocenters. The van der Waals surface area contributed by atoms with Gasteiger partial charge in [-0.3, -0.25) is 4.98 Å². The van der Waals surface area contributed by atoms with Gasteiger partial charge in [0.2, 0.25) is 0 Å². The van der Waals surface area contributed by atoms with E-state index in [-0.39, 0.29) is 6.61 Å². The summed E-state index contributed by atoms with van der Waals surface area (Å²) >= 11 is 0. The van der Waals surface area contributed by atoms with Crippen LogP contribution in [0.3, 0.4) is 0 Å². The molecule has 1 heterocycles. The predicted molar refractivity (Wildman–Crippen MR) is 137 cm³/mol. The van der Waals surface area contributed by atoms with E-state index in [1.54, 1.807) is 12.3 Å². The minimum Gasteiger partial charge on any atom is -0.490 e. The number of fused-ring (bicyclic) bond motifs is 1. The van der Waals surface area contributed by atoms with E-state index in [1.807, 2.05) is 49.4 Å². The van der Waals surface area contributed by atoms with Gasteiger partial charge in [-0.1, -0.05) is 82.2 Å². The summed E-state index contributed by atoms with van der Waals surface area (Å²) in [6, 6.07) is 15.2. The van der Waals surface area contributed by atoms with Crippen LogP contribution in [0.25, 0.3) is 10.9 Å². The first-order valence-corrected chi connectivity index (χ1v) is 12.6. The first-order valence-electron chi connectivity index (χ1n) is 12.6. The second-order valence-electron chi connectivity index (χ2n) is 8.53. The lowest BCUT2D eigenvalue weighted by Crippen LogP contribution is -2.06. The quantitative estimate of drug-likeness (QED) is 0.172. The first-order chi connectivity index (χ1) is 16.7. The predicted octanol–water partition coefficient (Wildman–Crippen LogP) is 7.51. The van der Waals surface area contributed by atoms with Crippen LogP contribution in [-0.4, -0.2) is 24.2 Å². The summed E-state index contributed by atoms with van der Waals surface area (Å²) in [4.78, 5) is 17.0. The highest BCUT2D eigenvalue weighted by molar-refractivity contribution is 5.94. The van der Waals surface area contributed by atoms with Gasteiger partial charge in [-0.15, -0.1) is 0 Å². The number of carbonyl (C=O) groups is 1. The SMILES string of the molecule is CCCCCCCCCCOc1cc2cc(C(=O)OCc3ccccc3)cnc2cc1OCC. The van der Waals surface area contributed by atoms with Crippen molar-refractivity contribution < 1.29 is 19.0 Å². The Labute approximate surface area is 203 Å². The van der Waals surface area contributed by atoms with Crippen LogP contribution in [0.2, 0.25) is 0 Å². The van der Waals surface area contributed by atoms with Gasteiger partial charge >= 0.3 is 5.97 Å². The lowest BCUT2D eigenvalue weighted by molar-refractivity contribution is 0.0472. The molecule has 0 fully saturated rings. The number of esters is 1. The van der Waals surface area contributed by atoms with Gasteiger partial charge in [0.1, 0.15) is 6.61 Å². The van der Waals surface area contributed by atoms with Gasteiger partial charge in [-0.25, -0.2) is 4.79 Å².